The molecule has 112 valence electrons. The Bertz CT molecular complexity index is 552. The molecule has 3 heteroatoms. The molecule has 0 aliphatic carbocycles. The first-order chi connectivity index (χ1) is 10.1. The van der Waals surface area contributed by atoms with Gasteiger partial charge in [0.1, 0.15) is 11.5 Å². The average molecular weight is 286 g/mol. The molecule has 0 N–H and O–H groups in total. The van der Waals surface area contributed by atoms with Gasteiger partial charge in [0.25, 0.3) is 0 Å². The maximum atomic E-state index is 6.10. The summed E-state index contributed by atoms with van der Waals surface area (Å²) in [5, 5.41) is 0. The molecule has 2 rings (SSSR count). The van der Waals surface area contributed by atoms with Gasteiger partial charge in [-0.3, -0.25) is 0 Å². The highest BCUT2D eigenvalue weighted by Gasteiger charge is 2.07. The first-order valence-corrected chi connectivity index (χ1v) is 6.99. The van der Waals surface area contributed by atoms with Crippen molar-refractivity contribution >= 4 is 0 Å². The Hall–Kier alpha value is -1.84. The van der Waals surface area contributed by atoms with Crippen LogP contribution in [0.5, 0.6) is 11.5 Å². The molecule has 0 aliphatic heterocycles. The monoisotopic (exact) mass is 286 g/mol. The predicted molar refractivity (Wildman–Crippen MR) is 83.9 cm³/mol. The largest absolute Gasteiger partial charge is 0.457 e. The van der Waals surface area contributed by atoms with Gasteiger partial charge in [0, 0.05) is 14.2 Å². The van der Waals surface area contributed by atoms with E-state index in [0.29, 0.717) is 13.2 Å². The Morgan fingerprint density at radius 3 is 1.52 bits per heavy atom. The van der Waals surface area contributed by atoms with Crippen LogP contribution in [0, 0.1) is 13.8 Å². The van der Waals surface area contributed by atoms with Crippen LogP contribution in [0.15, 0.2) is 36.4 Å². The molecular formula is C18H22O3. The third-order valence-electron chi connectivity index (χ3n) is 3.35. The van der Waals surface area contributed by atoms with Gasteiger partial charge in [0.15, 0.2) is 0 Å². The van der Waals surface area contributed by atoms with E-state index in [1.54, 1.807) is 14.2 Å². The molecule has 0 atom stereocenters. The molecule has 3 nitrogen and oxygen atoms in total. The van der Waals surface area contributed by atoms with Crippen molar-refractivity contribution < 1.29 is 14.2 Å². The second-order valence-corrected chi connectivity index (χ2v) is 5.17. The van der Waals surface area contributed by atoms with Crippen LogP contribution in [0.1, 0.15) is 22.3 Å². The predicted octanol–water partition coefficient (Wildman–Crippen LogP) is 4.39. The minimum atomic E-state index is 0.583. The van der Waals surface area contributed by atoms with Crippen LogP contribution in [0.2, 0.25) is 0 Å². The minimum absolute atomic E-state index is 0.583. The zero-order valence-electron chi connectivity index (χ0n) is 13.1. The maximum absolute atomic E-state index is 6.10. The van der Waals surface area contributed by atoms with E-state index in [4.69, 9.17) is 14.2 Å². The van der Waals surface area contributed by atoms with Gasteiger partial charge in [-0.2, -0.15) is 0 Å². The van der Waals surface area contributed by atoms with Crippen LogP contribution >= 0.6 is 0 Å². The van der Waals surface area contributed by atoms with Gasteiger partial charge < -0.3 is 14.2 Å². The Morgan fingerprint density at radius 1 is 0.714 bits per heavy atom. The molecule has 2 aromatic carbocycles. The van der Waals surface area contributed by atoms with Crippen molar-refractivity contribution in [1.29, 1.82) is 0 Å². The van der Waals surface area contributed by atoms with Crippen molar-refractivity contribution in [3.63, 3.8) is 0 Å². The van der Waals surface area contributed by atoms with Gasteiger partial charge in [-0.05, 0) is 48.2 Å². The summed E-state index contributed by atoms with van der Waals surface area (Å²) in [5.41, 5.74) is 4.41. The van der Waals surface area contributed by atoms with Crippen LogP contribution in [0.3, 0.4) is 0 Å². The molecule has 0 saturated carbocycles. The molecule has 0 amide bonds. The van der Waals surface area contributed by atoms with E-state index in [0.717, 1.165) is 33.8 Å². The molecule has 0 bridgehead atoms. The Kier molecular flexibility index (Phi) is 5.37. The van der Waals surface area contributed by atoms with Crippen LogP contribution in [0.4, 0.5) is 0 Å². The number of methoxy groups -OCH3 is 2. The first kappa shape index (κ1) is 15.5. The van der Waals surface area contributed by atoms with Gasteiger partial charge in [0.2, 0.25) is 0 Å². The summed E-state index contributed by atoms with van der Waals surface area (Å²) in [6.07, 6.45) is 0. The third kappa shape index (κ3) is 4.06. The molecule has 2 aromatic rings. The standard InChI is InChI=1S/C18H22O3/c1-13-5-7-15(11-19-3)9-17(13)21-18-10-16(12-20-4)8-6-14(18)2/h5-10H,11-12H2,1-4H3. The van der Waals surface area contributed by atoms with E-state index >= 15 is 0 Å². The lowest BCUT2D eigenvalue weighted by molar-refractivity contribution is 0.184. The van der Waals surface area contributed by atoms with Gasteiger partial charge >= 0.3 is 0 Å². The maximum Gasteiger partial charge on any atom is 0.130 e. The van der Waals surface area contributed by atoms with Gasteiger partial charge in [-0.15, -0.1) is 0 Å². The molecule has 0 spiro atoms. The lowest BCUT2D eigenvalue weighted by Crippen LogP contribution is -1.95. The Morgan fingerprint density at radius 2 is 1.14 bits per heavy atom. The van der Waals surface area contributed by atoms with Crippen LogP contribution in [-0.2, 0) is 22.7 Å². The summed E-state index contributed by atoms with van der Waals surface area (Å²) in [6, 6.07) is 12.3. The topological polar surface area (TPSA) is 27.7 Å². The zero-order chi connectivity index (χ0) is 15.2. The second-order valence-electron chi connectivity index (χ2n) is 5.17. The number of ether oxygens (including phenoxy) is 3. The molecule has 0 unspecified atom stereocenters. The number of aryl methyl sites for hydroxylation is 2. The fourth-order valence-electron chi connectivity index (χ4n) is 2.14. The van der Waals surface area contributed by atoms with E-state index in [1.165, 1.54) is 0 Å². The van der Waals surface area contributed by atoms with Crippen molar-refractivity contribution in [3.8, 4) is 11.5 Å². The lowest BCUT2D eigenvalue weighted by atomic mass is 10.1. The van der Waals surface area contributed by atoms with Crippen LogP contribution in [0.25, 0.3) is 0 Å². The molecule has 0 heterocycles. The summed E-state index contributed by atoms with van der Waals surface area (Å²) in [7, 11) is 3.39. The normalized spacial score (nSPS) is 10.7. The minimum Gasteiger partial charge on any atom is -0.457 e. The summed E-state index contributed by atoms with van der Waals surface area (Å²) >= 11 is 0. The summed E-state index contributed by atoms with van der Waals surface area (Å²) in [6.45, 7) is 5.25. The third-order valence-corrected chi connectivity index (χ3v) is 3.35. The number of hydrogen-bond acceptors (Lipinski definition) is 3. The molecule has 0 saturated heterocycles. The van der Waals surface area contributed by atoms with Crippen LogP contribution < -0.4 is 4.74 Å². The fraction of sp³-hybridized carbons (Fsp3) is 0.333. The SMILES string of the molecule is COCc1ccc(C)c(Oc2cc(COC)ccc2C)c1. The van der Waals surface area contributed by atoms with E-state index in [-0.39, 0.29) is 0 Å². The van der Waals surface area contributed by atoms with Gasteiger partial charge in [-0.1, -0.05) is 24.3 Å². The van der Waals surface area contributed by atoms with E-state index in [9.17, 15) is 0 Å². The van der Waals surface area contributed by atoms with E-state index in [1.807, 2.05) is 26.0 Å². The second kappa shape index (κ2) is 7.25. The molecular weight excluding hydrogens is 264 g/mol. The molecule has 0 aromatic heterocycles. The molecule has 0 radical (unpaired) electrons. The summed E-state index contributed by atoms with van der Waals surface area (Å²) < 4.78 is 16.5. The molecule has 0 aliphatic rings. The first-order valence-electron chi connectivity index (χ1n) is 6.99. The Balaban J connectivity index is 2.28. The van der Waals surface area contributed by atoms with Gasteiger partial charge in [0.05, 0.1) is 13.2 Å². The number of hydrogen-bond donors (Lipinski definition) is 0. The number of benzene rings is 2. The highest BCUT2D eigenvalue weighted by Crippen LogP contribution is 2.29. The van der Waals surface area contributed by atoms with Crippen LogP contribution in [-0.4, -0.2) is 14.2 Å². The quantitative estimate of drug-likeness (QED) is 0.788. The zero-order valence-corrected chi connectivity index (χ0v) is 13.1. The van der Waals surface area contributed by atoms with E-state index < -0.39 is 0 Å². The van der Waals surface area contributed by atoms with Gasteiger partial charge in [-0.25, -0.2) is 0 Å². The van der Waals surface area contributed by atoms with Crippen molar-refractivity contribution in [2.75, 3.05) is 14.2 Å². The number of rotatable bonds is 6. The van der Waals surface area contributed by atoms with Crippen molar-refractivity contribution in [1.82, 2.24) is 0 Å². The Labute approximate surface area is 126 Å². The fourth-order valence-corrected chi connectivity index (χ4v) is 2.14. The summed E-state index contributed by atoms with van der Waals surface area (Å²) in [4.78, 5) is 0. The van der Waals surface area contributed by atoms with Crippen molar-refractivity contribution in [3.05, 3.63) is 58.7 Å². The van der Waals surface area contributed by atoms with E-state index in [2.05, 4.69) is 24.3 Å². The average Bonchev–Trinajstić information content (AvgIpc) is 2.46. The lowest BCUT2D eigenvalue weighted by Gasteiger charge is -2.13. The smallest absolute Gasteiger partial charge is 0.130 e. The highest BCUT2D eigenvalue weighted by molar-refractivity contribution is 5.43. The highest BCUT2D eigenvalue weighted by atomic mass is 16.5. The van der Waals surface area contributed by atoms with Crippen molar-refractivity contribution in [2.45, 2.75) is 27.1 Å². The molecule has 21 heavy (non-hydrogen) atoms. The summed E-state index contributed by atoms with van der Waals surface area (Å²) in [5.74, 6) is 1.73. The van der Waals surface area contributed by atoms with Crippen molar-refractivity contribution in [2.24, 2.45) is 0 Å². The molecule has 0 fully saturated rings.